The number of hydrogen-bond donors (Lipinski definition) is 1. The maximum atomic E-state index is 11.3. The first-order valence-corrected chi connectivity index (χ1v) is 8.57. The maximum Gasteiger partial charge on any atom is 0.295 e. The van der Waals surface area contributed by atoms with Crippen LogP contribution in [0.2, 0.25) is 19.6 Å². The Morgan fingerprint density at radius 1 is 1.43 bits per heavy atom. The van der Waals surface area contributed by atoms with E-state index in [1.807, 2.05) is 33.5 Å². The fraction of sp³-hybridized carbons (Fsp3) is 0.900. The van der Waals surface area contributed by atoms with Crippen LogP contribution >= 0.6 is 0 Å². The van der Waals surface area contributed by atoms with Crippen LogP contribution in [0.25, 0.3) is 0 Å². The molecule has 84 valence electrons. The molecular formula is C10H22O3Si. The van der Waals surface area contributed by atoms with Crippen LogP contribution in [-0.2, 0) is 9.22 Å². The molecule has 0 fully saturated rings. The zero-order valence-electron chi connectivity index (χ0n) is 9.83. The van der Waals surface area contributed by atoms with E-state index in [1.165, 1.54) is 0 Å². The lowest BCUT2D eigenvalue weighted by Crippen LogP contribution is -2.32. The van der Waals surface area contributed by atoms with E-state index in [2.05, 4.69) is 0 Å². The molecule has 0 aliphatic rings. The van der Waals surface area contributed by atoms with E-state index in [0.29, 0.717) is 0 Å². The molecule has 0 aromatic rings. The van der Waals surface area contributed by atoms with Gasteiger partial charge in [0.1, 0.15) is 0 Å². The van der Waals surface area contributed by atoms with Crippen molar-refractivity contribution in [3.63, 3.8) is 0 Å². The Kier molecular flexibility index (Phi) is 5.37. The second kappa shape index (κ2) is 5.51. The van der Waals surface area contributed by atoms with Gasteiger partial charge in [0.15, 0.2) is 0 Å². The van der Waals surface area contributed by atoms with Crippen LogP contribution < -0.4 is 0 Å². The first-order valence-electron chi connectivity index (χ1n) is 5.16. The molecule has 0 heterocycles. The molecule has 0 spiro atoms. The van der Waals surface area contributed by atoms with Gasteiger partial charge in [-0.2, -0.15) is 0 Å². The number of rotatable bonds is 5. The monoisotopic (exact) mass is 218 g/mol. The molecular weight excluding hydrogens is 196 g/mol. The number of carbonyl (C=O) groups is 1. The van der Waals surface area contributed by atoms with Crippen LogP contribution in [0.5, 0.6) is 0 Å². The first-order chi connectivity index (χ1) is 6.26. The molecule has 0 rings (SSSR count). The second-order valence-electron chi connectivity index (χ2n) is 4.74. The second-order valence-corrected chi connectivity index (χ2v) is 9.17. The Bertz CT molecular complexity index is 186. The Morgan fingerprint density at radius 2 is 1.93 bits per heavy atom. The average molecular weight is 218 g/mol. The van der Waals surface area contributed by atoms with Gasteiger partial charge in [-0.3, -0.25) is 4.79 Å². The third-order valence-corrected chi connectivity index (χ3v) is 2.94. The SMILES string of the molecule is CCC(C)C(O)CC(=O)O[Si](C)(C)C. The molecule has 0 aromatic heterocycles. The average Bonchev–Trinajstić information content (AvgIpc) is 1.99. The van der Waals surface area contributed by atoms with Crippen molar-refractivity contribution in [2.24, 2.45) is 5.92 Å². The minimum absolute atomic E-state index is 0.124. The molecule has 0 saturated carbocycles. The summed E-state index contributed by atoms with van der Waals surface area (Å²) < 4.78 is 5.24. The molecule has 14 heavy (non-hydrogen) atoms. The van der Waals surface area contributed by atoms with Crippen LogP contribution in [0, 0.1) is 5.92 Å². The lowest BCUT2D eigenvalue weighted by Gasteiger charge is -2.21. The van der Waals surface area contributed by atoms with Gasteiger partial charge in [-0.25, -0.2) is 0 Å². The summed E-state index contributed by atoms with van der Waals surface area (Å²) in [5.74, 6) is -0.110. The number of hydrogen-bond acceptors (Lipinski definition) is 3. The maximum absolute atomic E-state index is 11.3. The standard InChI is InChI=1S/C10H22O3Si/c1-6-8(2)9(11)7-10(12)13-14(3,4)5/h8-9,11H,6-7H2,1-5H3. The summed E-state index contributed by atoms with van der Waals surface area (Å²) in [7, 11) is -1.79. The van der Waals surface area contributed by atoms with Crippen molar-refractivity contribution >= 4 is 14.3 Å². The predicted molar refractivity (Wildman–Crippen MR) is 59.5 cm³/mol. The van der Waals surface area contributed by atoms with Gasteiger partial charge in [0.2, 0.25) is 8.32 Å². The molecule has 0 aromatic carbocycles. The minimum Gasteiger partial charge on any atom is -0.520 e. The van der Waals surface area contributed by atoms with Crippen LogP contribution in [0.15, 0.2) is 0 Å². The van der Waals surface area contributed by atoms with Crippen molar-refractivity contribution in [3.8, 4) is 0 Å². The molecule has 0 saturated heterocycles. The van der Waals surface area contributed by atoms with E-state index in [-0.39, 0.29) is 18.3 Å². The topological polar surface area (TPSA) is 46.5 Å². The van der Waals surface area contributed by atoms with Gasteiger partial charge < -0.3 is 9.53 Å². The van der Waals surface area contributed by atoms with E-state index in [1.54, 1.807) is 0 Å². The fourth-order valence-corrected chi connectivity index (χ4v) is 1.79. The van der Waals surface area contributed by atoms with Crippen LogP contribution in [-0.4, -0.2) is 25.5 Å². The van der Waals surface area contributed by atoms with Gasteiger partial charge in [-0.05, 0) is 25.6 Å². The summed E-state index contributed by atoms with van der Waals surface area (Å²) in [5.41, 5.74) is 0. The largest absolute Gasteiger partial charge is 0.520 e. The molecule has 0 aliphatic heterocycles. The van der Waals surface area contributed by atoms with Crippen molar-refractivity contribution in [1.82, 2.24) is 0 Å². The summed E-state index contributed by atoms with van der Waals surface area (Å²) in [6, 6.07) is 0. The smallest absolute Gasteiger partial charge is 0.295 e. The van der Waals surface area contributed by atoms with Gasteiger partial charge in [-0.1, -0.05) is 20.3 Å². The molecule has 1 N–H and O–H groups in total. The summed E-state index contributed by atoms with van der Waals surface area (Å²) in [6.45, 7) is 9.81. The van der Waals surface area contributed by atoms with Crippen molar-refractivity contribution < 1.29 is 14.3 Å². The fourth-order valence-electron chi connectivity index (χ4n) is 1.03. The Hall–Kier alpha value is -0.353. The van der Waals surface area contributed by atoms with Crippen LogP contribution in [0.1, 0.15) is 26.7 Å². The third kappa shape index (κ3) is 6.15. The van der Waals surface area contributed by atoms with Crippen molar-refractivity contribution in [1.29, 1.82) is 0 Å². The first kappa shape index (κ1) is 13.6. The van der Waals surface area contributed by atoms with Crippen molar-refractivity contribution in [3.05, 3.63) is 0 Å². The van der Waals surface area contributed by atoms with Crippen molar-refractivity contribution in [2.45, 2.75) is 52.4 Å². The summed E-state index contributed by atoms with van der Waals surface area (Å²) in [5, 5.41) is 9.60. The van der Waals surface area contributed by atoms with Gasteiger partial charge in [0.25, 0.3) is 5.97 Å². The molecule has 0 aliphatic carbocycles. The third-order valence-electron chi connectivity index (χ3n) is 2.10. The molecule has 0 radical (unpaired) electrons. The van der Waals surface area contributed by atoms with Crippen LogP contribution in [0.4, 0.5) is 0 Å². The number of aliphatic hydroxyl groups excluding tert-OH is 1. The summed E-state index contributed by atoms with van der Waals surface area (Å²) in [4.78, 5) is 11.3. The Labute approximate surface area is 87.6 Å². The molecule has 4 heteroatoms. The van der Waals surface area contributed by atoms with E-state index in [4.69, 9.17) is 4.43 Å². The highest BCUT2D eigenvalue weighted by molar-refractivity contribution is 6.71. The van der Waals surface area contributed by atoms with Gasteiger partial charge in [-0.15, -0.1) is 0 Å². The molecule has 2 unspecified atom stereocenters. The normalized spacial score (nSPS) is 16.1. The highest BCUT2D eigenvalue weighted by atomic mass is 28.4. The predicted octanol–water partition coefficient (Wildman–Crippen LogP) is 2.16. The number of aliphatic hydroxyl groups is 1. The highest BCUT2D eigenvalue weighted by Crippen LogP contribution is 2.13. The molecule has 0 bridgehead atoms. The lowest BCUT2D eigenvalue weighted by molar-refractivity contribution is -0.137. The number of carbonyl (C=O) groups excluding carboxylic acids is 1. The Morgan fingerprint density at radius 3 is 2.29 bits per heavy atom. The highest BCUT2D eigenvalue weighted by Gasteiger charge is 2.23. The van der Waals surface area contributed by atoms with E-state index < -0.39 is 14.4 Å². The summed E-state index contributed by atoms with van der Waals surface area (Å²) >= 11 is 0. The van der Waals surface area contributed by atoms with E-state index in [9.17, 15) is 9.90 Å². The quantitative estimate of drug-likeness (QED) is 0.719. The van der Waals surface area contributed by atoms with Gasteiger partial charge in [0, 0.05) is 0 Å². The van der Waals surface area contributed by atoms with Gasteiger partial charge >= 0.3 is 0 Å². The van der Waals surface area contributed by atoms with Crippen LogP contribution in [0.3, 0.4) is 0 Å². The molecule has 0 amide bonds. The van der Waals surface area contributed by atoms with Crippen molar-refractivity contribution in [2.75, 3.05) is 0 Å². The van der Waals surface area contributed by atoms with Gasteiger partial charge in [0.05, 0.1) is 12.5 Å². The van der Waals surface area contributed by atoms with E-state index in [0.717, 1.165) is 6.42 Å². The molecule has 2 atom stereocenters. The minimum atomic E-state index is -1.79. The summed E-state index contributed by atoms with van der Waals surface area (Å²) in [6.07, 6.45) is 0.435. The zero-order valence-corrected chi connectivity index (χ0v) is 10.8. The van der Waals surface area contributed by atoms with E-state index >= 15 is 0 Å². The lowest BCUT2D eigenvalue weighted by atomic mass is 10.00. The zero-order chi connectivity index (χ0) is 11.4. The molecule has 3 nitrogen and oxygen atoms in total. The Balaban J connectivity index is 3.95.